The summed E-state index contributed by atoms with van der Waals surface area (Å²) in [5.74, 6) is 2.11. The van der Waals surface area contributed by atoms with E-state index < -0.39 is 0 Å². The average molecular weight is 241 g/mol. The summed E-state index contributed by atoms with van der Waals surface area (Å²) in [6, 6.07) is 0. The number of carbonyl (C=O) groups excluding carboxylic acids is 1. The van der Waals surface area contributed by atoms with Gasteiger partial charge in [0.2, 0.25) is 0 Å². The van der Waals surface area contributed by atoms with Crippen molar-refractivity contribution in [2.75, 3.05) is 13.2 Å². The molecule has 17 heavy (non-hydrogen) atoms. The van der Waals surface area contributed by atoms with E-state index in [-0.39, 0.29) is 6.09 Å². The summed E-state index contributed by atoms with van der Waals surface area (Å²) >= 11 is 0. The molecule has 0 spiro atoms. The molecule has 0 bridgehead atoms. The number of amides is 1. The molecule has 1 saturated carbocycles. The fraction of sp³-hybridized carbons (Fsp3) is 0.929. The predicted molar refractivity (Wildman–Crippen MR) is 69.9 cm³/mol. The smallest absolute Gasteiger partial charge is 0.407 e. The van der Waals surface area contributed by atoms with Gasteiger partial charge in [-0.1, -0.05) is 27.2 Å². The maximum absolute atomic E-state index is 11.4. The molecule has 1 unspecified atom stereocenters. The number of carbonyl (C=O) groups is 1. The fourth-order valence-corrected chi connectivity index (χ4v) is 2.86. The Kier molecular flexibility index (Phi) is 6.38. The number of hydrogen-bond donors (Lipinski definition) is 1. The first kappa shape index (κ1) is 14.3. The molecule has 3 nitrogen and oxygen atoms in total. The van der Waals surface area contributed by atoms with Crippen LogP contribution in [0.15, 0.2) is 0 Å². The minimum atomic E-state index is -0.246. The van der Waals surface area contributed by atoms with Crippen LogP contribution < -0.4 is 5.32 Å². The van der Waals surface area contributed by atoms with Crippen molar-refractivity contribution in [2.45, 2.75) is 52.9 Å². The van der Waals surface area contributed by atoms with E-state index in [2.05, 4.69) is 26.1 Å². The Bertz CT molecular complexity index is 220. The van der Waals surface area contributed by atoms with Gasteiger partial charge in [-0.2, -0.15) is 0 Å². The number of nitrogens with one attached hydrogen (secondary N) is 1. The van der Waals surface area contributed by atoms with E-state index in [0.29, 0.717) is 12.5 Å². The normalized spacial score (nSPS) is 28.8. The first-order chi connectivity index (χ1) is 8.11. The molecule has 1 N–H and O–H groups in total. The van der Waals surface area contributed by atoms with Crippen molar-refractivity contribution in [3.8, 4) is 0 Å². The highest BCUT2D eigenvalue weighted by Gasteiger charge is 2.24. The van der Waals surface area contributed by atoms with E-state index in [1.165, 1.54) is 19.3 Å². The molecule has 0 saturated heterocycles. The fourth-order valence-electron chi connectivity index (χ4n) is 2.86. The van der Waals surface area contributed by atoms with Gasteiger partial charge >= 0.3 is 6.09 Å². The number of hydrogen-bond acceptors (Lipinski definition) is 2. The molecule has 3 atom stereocenters. The number of rotatable bonds is 5. The van der Waals surface area contributed by atoms with E-state index in [1.54, 1.807) is 0 Å². The van der Waals surface area contributed by atoms with E-state index in [0.717, 1.165) is 31.2 Å². The molecule has 0 aliphatic heterocycles. The monoisotopic (exact) mass is 241 g/mol. The lowest BCUT2D eigenvalue weighted by Crippen LogP contribution is -2.29. The molecule has 3 heteroatoms. The molecule has 0 radical (unpaired) electrons. The summed E-state index contributed by atoms with van der Waals surface area (Å²) < 4.78 is 5.27. The zero-order chi connectivity index (χ0) is 12.7. The first-order valence-corrected chi connectivity index (χ1v) is 7.02. The third-order valence-corrected chi connectivity index (χ3v) is 3.53. The predicted octanol–water partition coefficient (Wildman–Crippen LogP) is 3.59. The Morgan fingerprint density at radius 1 is 1.24 bits per heavy atom. The number of unbranched alkanes of at least 4 members (excludes halogenated alkanes) is 1. The zero-order valence-corrected chi connectivity index (χ0v) is 11.5. The Labute approximate surface area is 105 Å². The lowest BCUT2D eigenvalue weighted by atomic mass is 9.77. The van der Waals surface area contributed by atoms with Crippen molar-refractivity contribution in [1.82, 2.24) is 5.32 Å². The van der Waals surface area contributed by atoms with Crippen molar-refractivity contribution in [3.05, 3.63) is 0 Å². The van der Waals surface area contributed by atoms with E-state index in [4.69, 9.17) is 4.74 Å². The van der Waals surface area contributed by atoms with Crippen LogP contribution in [0.2, 0.25) is 0 Å². The Morgan fingerprint density at radius 2 is 1.88 bits per heavy atom. The maximum atomic E-state index is 11.4. The van der Waals surface area contributed by atoms with Gasteiger partial charge in [-0.3, -0.25) is 0 Å². The highest BCUT2D eigenvalue weighted by molar-refractivity contribution is 5.66. The summed E-state index contributed by atoms with van der Waals surface area (Å²) in [5.41, 5.74) is 0. The van der Waals surface area contributed by atoms with Crippen LogP contribution in [-0.4, -0.2) is 19.2 Å². The van der Waals surface area contributed by atoms with Gasteiger partial charge in [-0.15, -0.1) is 0 Å². The second-order valence-corrected chi connectivity index (χ2v) is 5.66. The molecular formula is C14H27NO2. The van der Waals surface area contributed by atoms with Gasteiger partial charge in [0.05, 0.1) is 6.61 Å². The summed E-state index contributed by atoms with van der Waals surface area (Å²) in [6.07, 6.45) is 5.59. The van der Waals surface area contributed by atoms with Gasteiger partial charge in [0.1, 0.15) is 0 Å². The van der Waals surface area contributed by atoms with E-state index in [1.807, 2.05) is 0 Å². The van der Waals surface area contributed by atoms with Crippen molar-refractivity contribution < 1.29 is 9.53 Å². The SMILES string of the molecule is CCCCNC(=O)OCC1C[C@@H](C)C[C@@H](C)C1. The molecule has 1 aliphatic rings. The van der Waals surface area contributed by atoms with Crippen LogP contribution in [0.1, 0.15) is 52.9 Å². The minimum Gasteiger partial charge on any atom is -0.449 e. The largest absolute Gasteiger partial charge is 0.449 e. The Morgan fingerprint density at radius 3 is 2.47 bits per heavy atom. The van der Waals surface area contributed by atoms with Crippen molar-refractivity contribution >= 4 is 6.09 Å². The summed E-state index contributed by atoms with van der Waals surface area (Å²) in [7, 11) is 0. The zero-order valence-electron chi connectivity index (χ0n) is 11.5. The molecule has 1 fully saturated rings. The van der Waals surface area contributed by atoms with Crippen LogP contribution in [0, 0.1) is 17.8 Å². The highest BCUT2D eigenvalue weighted by Crippen LogP contribution is 2.32. The number of alkyl carbamates (subject to hydrolysis) is 1. The van der Waals surface area contributed by atoms with Crippen LogP contribution in [-0.2, 0) is 4.74 Å². The third kappa shape index (κ3) is 5.94. The summed E-state index contributed by atoms with van der Waals surface area (Å²) in [6.45, 7) is 8.02. The van der Waals surface area contributed by atoms with Crippen LogP contribution in [0.3, 0.4) is 0 Å². The molecule has 0 aromatic heterocycles. The van der Waals surface area contributed by atoms with Crippen LogP contribution in [0.25, 0.3) is 0 Å². The highest BCUT2D eigenvalue weighted by atomic mass is 16.5. The van der Waals surface area contributed by atoms with Crippen LogP contribution in [0.4, 0.5) is 4.79 Å². The van der Waals surface area contributed by atoms with Gasteiger partial charge in [0.25, 0.3) is 0 Å². The molecule has 0 aromatic carbocycles. The first-order valence-electron chi connectivity index (χ1n) is 7.02. The summed E-state index contributed by atoms with van der Waals surface area (Å²) in [4.78, 5) is 11.4. The van der Waals surface area contributed by atoms with Crippen molar-refractivity contribution in [3.63, 3.8) is 0 Å². The van der Waals surface area contributed by atoms with Gasteiger partial charge < -0.3 is 10.1 Å². The topological polar surface area (TPSA) is 38.3 Å². The average Bonchev–Trinajstić information content (AvgIpc) is 2.25. The lowest BCUT2D eigenvalue weighted by Gasteiger charge is -2.30. The molecule has 1 rings (SSSR count). The second kappa shape index (κ2) is 7.57. The second-order valence-electron chi connectivity index (χ2n) is 5.66. The van der Waals surface area contributed by atoms with Gasteiger partial charge in [-0.25, -0.2) is 4.79 Å². The van der Waals surface area contributed by atoms with Gasteiger partial charge in [-0.05, 0) is 43.4 Å². The Balaban J connectivity index is 2.14. The molecule has 0 heterocycles. The van der Waals surface area contributed by atoms with Crippen molar-refractivity contribution in [1.29, 1.82) is 0 Å². The third-order valence-electron chi connectivity index (χ3n) is 3.53. The Hall–Kier alpha value is -0.730. The van der Waals surface area contributed by atoms with Gasteiger partial charge in [0, 0.05) is 6.54 Å². The quantitative estimate of drug-likeness (QED) is 0.747. The molecule has 1 amide bonds. The maximum Gasteiger partial charge on any atom is 0.407 e. The van der Waals surface area contributed by atoms with Crippen LogP contribution in [0.5, 0.6) is 0 Å². The minimum absolute atomic E-state index is 0.246. The molecule has 0 aromatic rings. The van der Waals surface area contributed by atoms with Crippen LogP contribution >= 0.6 is 0 Å². The van der Waals surface area contributed by atoms with E-state index >= 15 is 0 Å². The van der Waals surface area contributed by atoms with Crippen molar-refractivity contribution in [2.24, 2.45) is 17.8 Å². The standard InChI is InChI=1S/C14H27NO2/c1-4-5-6-15-14(16)17-10-13-8-11(2)7-12(3)9-13/h11-13H,4-10H2,1-3H3,(H,15,16)/t11-,12+,13?. The number of ether oxygens (including phenoxy) is 1. The molecule has 100 valence electrons. The van der Waals surface area contributed by atoms with Gasteiger partial charge in [0.15, 0.2) is 0 Å². The molecule has 1 aliphatic carbocycles. The van der Waals surface area contributed by atoms with E-state index in [9.17, 15) is 4.79 Å². The molecular weight excluding hydrogens is 214 g/mol. The summed E-state index contributed by atoms with van der Waals surface area (Å²) in [5, 5.41) is 2.78. The lowest BCUT2D eigenvalue weighted by molar-refractivity contribution is 0.0960.